The fourth-order valence-corrected chi connectivity index (χ4v) is 4.89. The molecule has 2 bridgehead atoms. The maximum atomic E-state index is 12.9. The zero-order chi connectivity index (χ0) is 15.8. The van der Waals surface area contributed by atoms with Gasteiger partial charge in [0.15, 0.2) is 4.34 Å². The number of nitrogens with one attached hydrogen (secondary N) is 2. The summed E-state index contributed by atoms with van der Waals surface area (Å²) in [7, 11) is 0. The Hall–Kier alpha value is -1.51. The number of hydrogen-bond acceptors (Lipinski definition) is 6. The average Bonchev–Trinajstić information content (AvgIpc) is 3.26. The van der Waals surface area contributed by atoms with Crippen molar-refractivity contribution < 1.29 is 9.18 Å². The van der Waals surface area contributed by atoms with Gasteiger partial charge in [-0.15, -0.1) is 10.2 Å². The van der Waals surface area contributed by atoms with Crippen LogP contribution < -0.4 is 10.6 Å². The smallest absolute Gasteiger partial charge is 0.282 e. The highest BCUT2D eigenvalue weighted by Gasteiger charge is 2.40. The molecule has 0 saturated carbocycles. The molecule has 0 spiro atoms. The molecule has 1 aromatic heterocycles. The van der Waals surface area contributed by atoms with Gasteiger partial charge in [0.1, 0.15) is 5.82 Å². The first-order valence-electron chi connectivity index (χ1n) is 7.51. The van der Waals surface area contributed by atoms with Crippen molar-refractivity contribution in [3.8, 4) is 0 Å². The Morgan fingerprint density at radius 3 is 2.83 bits per heavy atom. The molecule has 2 aliphatic heterocycles. The summed E-state index contributed by atoms with van der Waals surface area (Å²) >= 11 is 2.63. The standard InChI is InChI=1S/C15H15FN4OS2/c16-8-1-4-10(5-2-8)22-15-20-19-14(23-15)13(21)18-12-7-9-3-6-11(12)17-9/h1-2,4-5,9,11-12,17H,3,6-7H2,(H,18,21)/t9-,11+,12-/m1/s1. The van der Waals surface area contributed by atoms with Gasteiger partial charge in [-0.2, -0.15) is 0 Å². The summed E-state index contributed by atoms with van der Waals surface area (Å²) in [5.41, 5.74) is 0. The number of aromatic nitrogens is 2. The summed E-state index contributed by atoms with van der Waals surface area (Å²) in [4.78, 5) is 13.2. The molecule has 2 aliphatic rings. The van der Waals surface area contributed by atoms with Crippen molar-refractivity contribution >= 4 is 29.0 Å². The fraction of sp³-hybridized carbons (Fsp3) is 0.400. The molecule has 0 radical (unpaired) electrons. The van der Waals surface area contributed by atoms with E-state index < -0.39 is 0 Å². The minimum absolute atomic E-state index is 0.159. The van der Waals surface area contributed by atoms with E-state index in [1.807, 2.05) is 0 Å². The van der Waals surface area contributed by atoms with Crippen LogP contribution in [0, 0.1) is 5.82 Å². The lowest BCUT2D eigenvalue weighted by Crippen LogP contribution is -2.42. The number of halogens is 1. The Labute approximate surface area is 141 Å². The van der Waals surface area contributed by atoms with Gasteiger partial charge in [0, 0.05) is 23.0 Å². The lowest BCUT2D eigenvalue weighted by Gasteiger charge is -2.20. The van der Waals surface area contributed by atoms with Crippen molar-refractivity contribution in [1.82, 2.24) is 20.8 Å². The first kappa shape index (κ1) is 15.0. The second-order valence-electron chi connectivity index (χ2n) is 5.79. The lowest BCUT2D eigenvalue weighted by atomic mass is 9.95. The molecule has 2 fully saturated rings. The quantitative estimate of drug-likeness (QED) is 0.887. The van der Waals surface area contributed by atoms with Gasteiger partial charge in [0.25, 0.3) is 5.91 Å². The zero-order valence-electron chi connectivity index (χ0n) is 12.2. The molecule has 120 valence electrons. The Kier molecular flexibility index (Phi) is 4.04. The molecule has 2 saturated heterocycles. The summed E-state index contributed by atoms with van der Waals surface area (Å²) in [5.74, 6) is -0.432. The van der Waals surface area contributed by atoms with E-state index in [2.05, 4.69) is 20.8 Å². The predicted octanol–water partition coefficient (Wildman–Crippen LogP) is 2.45. The highest BCUT2D eigenvalue weighted by molar-refractivity contribution is 8.01. The van der Waals surface area contributed by atoms with Gasteiger partial charge in [0.2, 0.25) is 5.01 Å². The first-order chi connectivity index (χ1) is 11.2. The zero-order valence-corrected chi connectivity index (χ0v) is 13.8. The van der Waals surface area contributed by atoms with Crippen LogP contribution in [0.4, 0.5) is 4.39 Å². The van der Waals surface area contributed by atoms with Crippen LogP contribution >= 0.6 is 23.1 Å². The van der Waals surface area contributed by atoms with E-state index in [1.54, 1.807) is 12.1 Å². The summed E-state index contributed by atoms with van der Waals surface area (Å²) in [6.07, 6.45) is 3.32. The molecule has 5 nitrogen and oxygen atoms in total. The summed E-state index contributed by atoms with van der Waals surface area (Å²) < 4.78 is 13.6. The van der Waals surface area contributed by atoms with E-state index in [1.165, 1.54) is 41.7 Å². The third kappa shape index (κ3) is 3.24. The molecular formula is C15H15FN4OS2. The van der Waals surface area contributed by atoms with Crippen molar-refractivity contribution in [3.63, 3.8) is 0 Å². The Bertz CT molecular complexity index is 721. The second-order valence-corrected chi connectivity index (χ2v) is 8.09. The molecule has 2 aromatic rings. The summed E-state index contributed by atoms with van der Waals surface area (Å²) in [5, 5.41) is 14.9. The molecule has 3 atom stereocenters. The van der Waals surface area contributed by atoms with Gasteiger partial charge in [-0.3, -0.25) is 4.79 Å². The van der Waals surface area contributed by atoms with Crippen LogP contribution in [0.3, 0.4) is 0 Å². The van der Waals surface area contributed by atoms with Gasteiger partial charge < -0.3 is 10.6 Å². The molecule has 0 unspecified atom stereocenters. The minimum atomic E-state index is -0.272. The van der Waals surface area contributed by atoms with Crippen LogP contribution in [-0.2, 0) is 0 Å². The lowest BCUT2D eigenvalue weighted by molar-refractivity contribution is 0.0930. The Morgan fingerprint density at radius 2 is 2.13 bits per heavy atom. The van der Waals surface area contributed by atoms with Gasteiger partial charge in [0.05, 0.1) is 0 Å². The van der Waals surface area contributed by atoms with Crippen LogP contribution in [-0.4, -0.2) is 34.2 Å². The van der Waals surface area contributed by atoms with Crippen molar-refractivity contribution in [2.24, 2.45) is 0 Å². The second kappa shape index (κ2) is 6.18. The largest absolute Gasteiger partial charge is 0.346 e. The molecule has 1 amide bonds. The number of carbonyl (C=O) groups is 1. The van der Waals surface area contributed by atoms with Crippen molar-refractivity contribution in [2.45, 2.75) is 46.6 Å². The maximum absolute atomic E-state index is 12.9. The molecule has 23 heavy (non-hydrogen) atoms. The number of benzene rings is 1. The van der Waals surface area contributed by atoms with E-state index in [4.69, 9.17) is 0 Å². The number of nitrogens with zero attached hydrogens (tertiary/aromatic N) is 2. The third-order valence-corrected chi connectivity index (χ3v) is 6.22. The van der Waals surface area contributed by atoms with Gasteiger partial charge in [-0.05, 0) is 43.5 Å². The molecular weight excluding hydrogens is 335 g/mol. The van der Waals surface area contributed by atoms with Crippen molar-refractivity contribution in [2.75, 3.05) is 0 Å². The number of carbonyl (C=O) groups excluding carboxylic acids is 1. The normalized spacial score (nSPS) is 25.7. The van der Waals surface area contributed by atoms with Crippen LogP contribution in [0.5, 0.6) is 0 Å². The Morgan fingerprint density at radius 1 is 1.30 bits per heavy atom. The van der Waals surface area contributed by atoms with E-state index in [0.717, 1.165) is 17.7 Å². The van der Waals surface area contributed by atoms with Crippen LogP contribution in [0.2, 0.25) is 0 Å². The van der Waals surface area contributed by atoms with Crippen molar-refractivity contribution in [3.05, 3.63) is 35.1 Å². The number of rotatable bonds is 4. The highest BCUT2D eigenvalue weighted by Crippen LogP contribution is 2.31. The number of fused-ring (bicyclic) bond motifs is 2. The number of amides is 1. The van der Waals surface area contributed by atoms with Crippen LogP contribution in [0.1, 0.15) is 29.1 Å². The Balaban J connectivity index is 1.39. The van der Waals surface area contributed by atoms with E-state index in [-0.39, 0.29) is 17.8 Å². The summed E-state index contributed by atoms with van der Waals surface area (Å²) in [6, 6.07) is 7.30. The summed E-state index contributed by atoms with van der Waals surface area (Å²) in [6.45, 7) is 0. The van der Waals surface area contributed by atoms with E-state index in [9.17, 15) is 9.18 Å². The molecule has 1 aromatic carbocycles. The minimum Gasteiger partial charge on any atom is -0.346 e. The van der Waals surface area contributed by atoms with Crippen LogP contribution in [0.15, 0.2) is 33.5 Å². The topological polar surface area (TPSA) is 66.9 Å². The molecule has 4 rings (SSSR count). The molecule has 0 aliphatic carbocycles. The van der Waals surface area contributed by atoms with Gasteiger partial charge in [-0.25, -0.2) is 4.39 Å². The van der Waals surface area contributed by atoms with Crippen molar-refractivity contribution in [1.29, 1.82) is 0 Å². The van der Waals surface area contributed by atoms with E-state index in [0.29, 0.717) is 21.4 Å². The van der Waals surface area contributed by atoms with Gasteiger partial charge in [-0.1, -0.05) is 23.1 Å². The average molecular weight is 350 g/mol. The van der Waals surface area contributed by atoms with Gasteiger partial charge >= 0.3 is 0 Å². The molecule has 8 heteroatoms. The molecule has 2 N–H and O–H groups in total. The number of hydrogen-bond donors (Lipinski definition) is 2. The SMILES string of the molecule is O=C(N[C@@H]1C[C@H]2CC[C@@H]1N2)c1nnc(Sc2ccc(F)cc2)s1. The fourth-order valence-electron chi connectivity index (χ4n) is 3.16. The van der Waals surface area contributed by atoms with Crippen LogP contribution in [0.25, 0.3) is 0 Å². The highest BCUT2D eigenvalue weighted by atomic mass is 32.2. The van der Waals surface area contributed by atoms with E-state index >= 15 is 0 Å². The predicted molar refractivity (Wildman–Crippen MR) is 86.2 cm³/mol. The maximum Gasteiger partial charge on any atom is 0.282 e. The monoisotopic (exact) mass is 350 g/mol. The third-order valence-electron chi connectivity index (χ3n) is 4.24. The first-order valence-corrected chi connectivity index (χ1v) is 9.14. The molecule has 3 heterocycles.